The van der Waals surface area contributed by atoms with E-state index in [2.05, 4.69) is 5.32 Å². The summed E-state index contributed by atoms with van der Waals surface area (Å²) in [5.41, 5.74) is 2.35. The van der Waals surface area contributed by atoms with E-state index < -0.39 is 0 Å². The van der Waals surface area contributed by atoms with Gasteiger partial charge in [0.05, 0.1) is 18.1 Å². The van der Waals surface area contributed by atoms with Gasteiger partial charge in [0.25, 0.3) is 5.91 Å². The van der Waals surface area contributed by atoms with Crippen LogP contribution in [0, 0.1) is 5.92 Å². The van der Waals surface area contributed by atoms with Gasteiger partial charge in [-0.05, 0) is 62.1 Å². The van der Waals surface area contributed by atoms with Crippen LogP contribution in [0.3, 0.4) is 0 Å². The lowest BCUT2D eigenvalue weighted by atomic mass is 10.1. The maximum absolute atomic E-state index is 12.8. The number of benzene rings is 2. The fraction of sp³-hybridized carbons (Fsp3) is 0.423. The Morgan fingerprint density at radius 3 is 2.26 bits per heavy atom. The van der Waals surface area contributed by atoms with Gasteiger partial charge in [-0.1, -0.05) is 12.1 Å². The molecule has 0 aromatic heterocycles. The predicted molar refractivity (Wildman–Crippen MR) is 133 cm³/mol. The Morgan fingerprint density at radius 1 is 1.00 bits per heavy atom. The Balaban J connectivity index is 1.30. The normalized spacial score (nSPS) is 22.7. The number of hydrogen-bond acceptors (Lipinski definition) is 5. The molecular weight excluding hydrogens is 450 g/mol. The van der Waals surface area contributed by atoms with E-state index in [4.69, 9.17) is 4.74 Å². The van der Waals surface area contributed by atoms with Gasteiger partial charge in [0.2, 0.25) is 11.8 Å². The van der Waals surface area contributed by atoms with Gasteiger partial charge in [0.15, 0.2) is 0 Å². The Hall–Kier alpha value is -2.84. The molecular formula is C26H31N3O4S. The van der Waals surface area contributed by atoms with Crippen LogP contribution in [-0.4, -0.2) is 60.7 Å². The zero-order valence-electron chi connectivity index (χ0n) is 19.8. The van der Waals surface area contributed by atoms with Gasteiger partial charge in [0, 0.05) is 48.7 Å². The molecule has 8 heteroatoms. The van der Waals surface area contributed by atoms with Crippen molar-refractivity contribution in [2.45, 2.75) is 43.9 Å². The maximum atomic E-state index is 12.8. The van der Waals surface area contributed by atoms with Crippen LogP contribution in [0.2, 0.25) is 0 Å². The van der Waals surface area contributed by atoms with Crippen molar-refractivity contribution in [1.82, 2.24) is 10.2 Å². The Labute approximate surface area is 204 Å². The molecule has 2 aromatic carbocycles. The minimum atomic E-state index is -0.376. The lowest BCUT2D eigenvalue weighted by molar-refractivity contribution is -0.126. The summed E-state index contributed by atoms with van der Waals surface area (Å²) in [5.74, 6) is -0.550. The summed E-state index contributed by atoms with van der Waals surface area (Å²) in [6, 6.07) is 15.1. The van der Waals surface area contributed by atoms with Gasteiger partial charge >= 0.3 is 0 Å². The lowest BCUT2D eigenvalue weighted by Gasteiger charge is -2.35. The lowest BCUT2D eigenvalue weighted by Crippen LogP contribution is -2.48. The molecule has 2 aliphatic heterocycles. The van der Waals surface area contributed by atoms with Crippen LogP contribution in [-0.2, 0) is 20.9 Å². The van der Waals surface area contributed by atoms with Gasteiger partial charge in [-0.3, -0.25) is 14.4 Å². The van der Waals surface area contributed by atoms with E-state index in [1.165, 1.54) is 0 Å². The fourth-order valence-electron chi connectivity index (χ4n) is 4.52. The molecule has 2 heterocycles. The third-order valence-corrected chi connectivity index (χ3v) is 7.00. The number of rotatable bonds is 6. The molecule has 34 heavy (non-hydrogen) atoms. The number of morpholine rings is 1. The SMILES string of the molecule is CSc1ccc(N2CC(C(=O)NCc3ccc(C(=O)N4CC(C)OC(C)C4)cc3)CC2=O)cc1. The minimum Gasteiger partial charge on any atom is -0.372 e. The summed E-state index contributed by atoms with van der Waals surface area (Å²) in [6.45, 7) is 5.85. The van der Waals surface area contributed by atoms with E-state index in [0.717, 1.165) is 16.1 Å². The highest BCUT2D eigenvalue weighted by atomic mass is 32.2. The first-order valence-corrected chi connectivity index (χ1v) is 12.8. The molecule has 0 aliphatic carbocycles. The van der Waals surface area contributed by atoms with Crippen molar-refractivity contribution in [3.8, 4) is 0 Å². The number of carbonyl (C=O) groups is 3. The van der Waals surface area contributed by atoms with Crippen molar-refractivity contribution in [2.75, 3.05) is 30.8 Å². The molecule has 3 atom stereocenters. The second kappa shape index (κ2) is 10.6. The zero-order chi connectivity index (χ0) is 24.2. The minimum absolute atomic E-state index is 0.00675. The molecule has 2 fully saturated rings. The molecule has 0 radical (unpaired) electrons. The second-order valence-electron chi connectivity index (χ2n) is 8.99. The molecule has 3 amide bonds. The van der Waals surface area contributed by atoms with Crippen molar-refractivity contribution >= 4 is 35.2 Å². The van der Waals surface area contributed by atoms with Crippen LogP contribution in [0.5, 0.6) is 0 Å². The smallest absolute Gasteiger partial charge is 0.254 e. The number of nitrogens with one attached hydrogen (secondary N) is 1. The average molecular weight is 482 g/mol. The number of hydrogen-bond donors (Lipinski definition) is 1. The van der Waals surface area contributed by atoms with Crippen molar-refractivity contribution in [3.05, 3.63) is 59.7 Å². The van der Waals surface area contributed by atoms with Gasteiger partial charge in [-0.25, -0.2) is 0 Å². The molecule has 1 N–H and O–H groups in total. The van der Waals surface area contributed by atoms with Crippen LogP contribution >= 0.6 is 11.8 Å². The Bertz CT molecular complexity index is 1030. The predicted octanol–water partition coefficient (Wildman–Crippen LogP) is 3.33. The van der Waals surface area contributed by atoms with E-state index in [-0.39, 0.29) is 42.3 Å². The molecule has 0 spiro atoms. The number of ether oxygens (including phenoxy) is 1. The number of thioether (sulfide) groups is 1. The van der Waals surface area contributed by atoms with Gasteiger partial charge in [-0.15, -0.1) is 11.8 Å². The first-order chi connectivity index (χ1) is 16.3. The average Bonchev–Trinajstić information content (AvgIpc) is 3.23. The van der Waals surface area contributed by atoms with E-state index in [9.17, 15) is 14.4 Å². The topological polar surface area (TPSA) is 79.0 Å². The van der Waals surface area contributed by atoms with Gasteiger partial charge in [0.1, 0.15) is 0 Å². The van der Waals surface area contributed by atoms with Crippen molar-refractivity contribution < 1.29 is 19.1 Å². The Morgan fingerprint density at radius 2 is 1.65 bits per heavy atom. The highest BCUT2D eigenvalue weighted by Gasteiger charge is 2.35. The maximum Gasteiger partial charge on any atom is 0.254 e. The number of carbonyl (C=O) groups excluding carboxylic acids is 3. The zero-order valence-corrected chi connectivity index (χ0v) is 20.6. The third-order valence-electron chi connectivity index (χ3n) is 6.25. The molecule has 0 bridgehead atoms. The second-order valence-corrected chi connectivity index (χ2v) is 9.87. The molecule has 7 nitrogen and oxygen atoms in total. The number of anilines is 1. The fourth-order valence-corrected chi connectivity index (χ4v) is 4.93. The molecule has 4 rings (SSSR count). The Kier molecular flexibility index (Phi) is 7.58. The van der Waals surface area contributed by atoms with Crippen LogP contribution in [0.4, 0.5) is 5.69 Å². The summed E-state index contributed by atoms with van der Waals surface area (Å²) < 4.78 is 5.71. The van der Waals surface area contributed by atoms with E-state index in [1.807, 2.05) is 61.4 Å². The summed E-state index contributed by atoms with van der Waals surface area (Å²) in [6.07, 6.45) is 2.26. The van der Waals surface area contributed by atoms with Crippen LogP contribution in [0.25, 0.3) is 0 Å². The van der Waals surface area contributed by atoms with Gasteiger partial charge in [-0.2, -0.15) is 0 Å². The summed E-state index contributed by atoms with van der Waals surface area (Å²) >= 11 is 1.65. The molecule has 2 saturated heterocycles. The van der Waals surface area contributed by atoms with Crippen LogP contribution in [0.1, 0.15) is 36.2 Å². The molecule has 3 unspecified atom stereocenters. The number of nitrogens with zero attached hydrogens (tertiary/aromatic N) is 2. The van der Waals surface area contributed by atoms with Crippen molar-refractivity contribution in [3.63, 3.8) is 0 Å². The molecule has 2 aromatic rings. The monoisotopic (exact) mass is 481 g/mol. The van der Waals surface area contributed by atoms with E-state index in [0.29, 0.717) is 31.7 Å². The summed E-state index contributed by atoms with van der Waals surface area (Å²) in [4.78, 5) is 42.7. The standard InChI is InChI=1S/C26H31N3O4S/c1-17-14-28(15-18(2)33-17)26(32)20-6-4-19(5-7-20)13-27-25(31)21-12-24(30)29(16-21)22-8-10-23(34-3)11-9-22/h4-11,17-18,21H,12-16H2,1-3H3,(H,27,31). The summed E-state index contributed by atoms with van der Waals surface area (Å²) in [5, 5.41) is 2.94. The van der Waals surface area contributed by atoms with E-state index >= 15 is 0 Å². The first kappa shape index (κ1) is 24.3. The molecule has 180 valence electrons. The van der Waals surface area contributed by atoms with Crippen LogP contribution in [0.15, 0.2) is 53.4 Å². The highest BCUT2D eigenvalue weighted by Crippen LogP contribution is 2.27. The number of amides is 3. The van der Waals surface area contributed by atoms with E-state index in [1.54, 1.807) is 28.8 Å². The molecule has 2 aliphatic rings. The van der Waals surface area contributed by atoms with Crippen molar-refractivity contribution in [2.24, 2.45) is 5.92 Å². The quantitative estimate of drug-likeness (QED) is 0.641. The summed E-state index contributed by atoms with van der Waals surface area (Å²) in [7, 11) is 0. The third kappa shape index (κ3) is 5.62. The highest BCUT2D eigenvalue weighted by molar-refractivity contribution is 7.98. The van der Waals surface area contributed by atoms with Gasteiger partial charge < -0.3 is 19.9 Å². The largest absolute Gasteiger partial charge is 0.372 e. The van der Waals surface area contributed by atoms with Crippen LogP contribution < -0.4 is 10.2 Å². The van der Waals surface area contributed by atoms with Crippen molar-refractivity contribution in [1.29, 1.82) is 0 Å². The molecule has 0 saturated carbocycles. The first-order valence-electron chi connectivity index (χ1n) is 11.6.